The molecule has 3 aromatic rings. The number of urea groups is 1. The highest BCUT2D eigenvalue weighted by Gasteiger charge is 2.32. The molecular formula is C37H53N5O5S. The summed E-state index contributed by atoms with van der Waals surface area (Å²) in [5, 5.41) is 23.5. The van der Waals surface area contributed by atoms with E-state index in [1.807, 2.05) is 79.9 Å². The molecule has 48 heavy (non-hydrogen) atoms. The number of hydrogen-bond acceptors (Lipinski definition) is 7. The van der Waals surface area contributed by atoms with Crippen LogP contribution in [0.15, 0.2) is 66.0 Å². The highest BCUT2D eigenvalue weighted by molar-refractivity contribution is 7.09. The van der Waals surface area contributed by atoms with Crippen LogP contribution in [0.3, 0.4) is 0 Å². The maximum Gasteiger partial charge on any atom is 0.407 e. The molecule has 0 spiro atoms. The zero-order valence-electron chi connectivity index (χ0n) is 29.5. The van der Waals surface area contributed by atoms with Gasteiger partial charge < -0.3 is 30.7 Å². The van der Waals surface area contributed by atoms with Crippen LogP contribution in [0.1, 0.15) is 82.6 Å². The van der Waals surface area contributed by atoms with Crippen molar-refractivity contribution in [3.8, 4) is 0 Å². The molecule has 0 bridgehead atoms. The lowest BCUT2D eigenvalue weighted by molar-refractivity contribution is -0.125. The molecule has 4 N–H and O–H groups in total. The maximum absolute atomic E-state index is 13.8. The number of nitrogens with one attached hydrogen (secondary N) is 3. The molecule has 4 atom stereocenters. The number of nitrogens with zero attached hydrogens (tertiary/aromatic N) is 2. The first-order chi connectivity index (χ1) is 22.6. The standard InChI is InChI=1S/C37H53N5O5S/c1-24(2)32(41-35(45)42(8)22-29-23-48-34(38-29)25(3)4)33(44)40-30(20-27-17-13-10-14-18-27)31(43)21-28(19-26-15-11-9-12-16-26)39-36(46)47-37(5,6)7/h9-18,23-25,28,30-32,43H,19-22H2,1-8H3,(H,39,46)(H,40,44)(H,41,45)/t28-,30-,31-,32-/m0/s1. The Balaban J connectivity index is 1.77. The zero-order chi connectivity index (χ0) is 35.4. The van der Waals surface area contributed by atoms with E-state index in [2.05, 4.69) is 34.8 Å². The van der Waals surface area contributed by atoms with Crippen LogP contribution in [0.4, 0.5) is 9.59 Å². The summed E-state index contributed by atoms with van der Waals surface area (Å²) < 4.78 is 5.52. The van der Waals surface area contributed by atoms with Gasteiger partial charge in [-0.3, -0.25) is 4.79 Å². The van der Waals surface area contributed by atoms with Gasteiger partial charge in [0.15, 0.2) is 0 Å². The fourth-order valence-electron chi connectivity index (χ4n) is 5.20. The minimum absolute atomic E-state index is 0.152. The Bertz CT molecular complexity index is 1440. The molecule has 4 amide bonds. The van der Waals surface area contributed by atoms with Gasteiger partial charge in [0, 0.05) is 24.4 Å². The molecule has 0 saturated heterocycles. The number of carbonyl (C=O) groups is 3. The first-order valence-corrected chi connectivity index (χ1v) is 17.5. The lowest BCUT2D eigenvalue weighted by atomic mass is 9.93. The lowest BCUT2D eigenvalue weighted by Crippen LogP contribution is -2.57. The number of aromatic nitrogens is 1. The van der Waals surface area contributed by atoms with Gasteiger partial charge in [0.25, 0.3) is 0 Å². The van der Waals surface area contributed by atoms with Crippen LogP contribution in [-0.4, -0.2) is 69.9 Å². The Hall–Kier alpha value is -3.96. The number of carbonyl (C=O) groups excluding carboxylic acids is 3. The van der Waals surface area contributed by atoms with Gasteiger partial charge in [-0.05, 0) is 57.1 Å². The summed E-state index contributed by atoms with van der Waals surface area (Å²) in [5.41, 5.74) is 2.02. The minimum atomic E-state index is -1.04. The van der Waals surface area contributed by atoms with Gasteiger partial charge >= 0.3 is 12.1 Å². The van der Waals surface area contributed by atoms with Crippen molar-refractivity contribution in [3.63, 3.8) is 0 Å². The van der Waals surface area contributed by atoms with Crippen molar-refractivity contribution in [3.05, 3.63) is 87.9 Å². The Kier molecular flexibility index (Phi) is 14.4. The summed E-state index contributed by atoms with van der Waals surface area (Å²) in [7, 11) is 1.67. The molecule has 0 fully saturated rings. The monoisotopic (exact) mass is 679 g/mol. The molecule has 0 aliphatic rings. The molecule has 0 radical (unpaired) electrons. The summed E-state index contributed by atoms with van der Waals surface area (Å²) >= 11 is 1.57. The van der Waals surface area contributed by atoms with Crippen molar-refractivity contribution in [2.45, 2.75) is 110 Å². The third kappa shape index (κ3) is 12.9. The Morgan fingerprint density at radius 1 is 0.896 bits per heavy atom. The number of aliphatic hydroxyl groups excluding tert-OH is 1. The second kappa shape index (κ2) is 18.0. The van der Waals surface area contributed by atoms with Crippen LogP contribution in [0.5, 0.6) is 0 Å². The van der Waals surface area contributed by atoms with E-state index < -0.39 is 47.9 Å². The van der Waals surface area contributed by atoms with Crippen LogP contribution < -0.4 is 16.0 Å². The third-order valence-electron chi connectivity index (χ3n) is 7.70. The Morgan fingerprint density at radius 2 is 1.48 bits per heavy atom. The Labute approximate surface area is 289 Å². The maximum atomic E-state index is 13.8. The normalized spacial score (nSPS) is 14.1. The number of ether oxygens (including phenoxy) is 1. The van der Waals surface area contributed by atoms with Crippen LogP contribution >= 0.6 is 11.3 Å². The SMILES string of the molecule is CC(C)c1nc(CN(C)C(=O)N[C@H](C(=O)N[C@@H](Cc2ccccc2)[C@@H](O)C[C@H](Cc2ccccc2)NC(=O)OC(C)(C)C)C(C)C)cs1. The Morgan fingerprint density at radius 3 is 2.00 bits per heavy atom. The smallest absolute Gasteiger partial charge is 0.407 e. The van der Waals surface area contributed by atoms with Gasteiger partial charge in [-0.1, -0.05) is 88.4 Å². The van der Waals surface area contributed by atoms with Gasteiger partial charge in [0.1, 0.15) is 11.6 Å². The zero-order valence-corrected chi connectivity index (χ0v) is 30.3. The highest BCUT2D eigenvalue weighted by Crippen LogP contribution is 2.20. The summed E-state index contributed by atoms with van der Waals surface area (Å²) in [6.45, 7) is 13.6. The molecule has 262 valence electrons. The number of alkyl carbamates (subject to hydrolysis) is 1. The van der Waals surface area contributed by atoms with Crippen molar-refractivity contribution >= 4 is 29.4 Å². The van der Waals surface area contributed by atoms with Crippen LogP contribution in [0.2, 0.25) is 0 Å². The van der Waals surface area contributed by atoms with Crippen molar-refractivity contribution in [1.29, 1.82) is 0 Å². The molecule has 0 unspecified atom stereocenters. The summed E-state index contributed by atoms with van der Waals surface area (Å²) in [6.07, 6.45) is -0.663. The first kappa shape index (κ1) is 38.5. The van der Waals surface area contributed by atoms with E-state index >= 15 is 0 Å². The van der Waals surface area contributed by atoms with Crippen molar-refractivity contribution < 1.29 is 24.2 Å². The molecule has 0 saturated carbocycles. The fourth-order valence-corrected chi connectivity index (χ4v) is 6.03. The van der Waals surface area contributed by atoms with Crippen LogP contribution in [0, 0.1) is 5.92 Å². The molecule has 2 aromatic carbocycles. The lowest BCUT2D eigenvalue weighted by Gasteiger charge is -2.31. The third-order valence-corrected chi connectivity index (χ3v) is 8.89. The van der Waals surface area contributed by atoms with Crippen molar-refractivity contribution in [1.82, 2.24) is 25.8 Å². The van der Waals surface area contributed by atoms with E-state index in [-0.39, 0.29) is 12.3 Å². The van der Waals surface area contributed by atoms with Gasteiger partial charge in [0.2, 0.25) is 5.91 Å². The second-order valence-electron chi connectivity index (χ2n) is 14.0. The van der Waals surface area contributed by atoms with Gasteiger partial charge in [-0.25, -0.2) is 14.6 Å². The molecule has 11 heteroatoms. The largest absolute Gasteiger partial charge is 0.444 e. The summed E-state index contributed by atoms with van der Waals surface area (Å²) in [5.74, 6) is -0.330. The average Bonchev–Trinajstić information content (AvgIpc) is 3.48. The van der Waals surface area contributed by atoms with E-state index in [1.54, 1.807) is 39.2 Å². The van der Waals surface area contributed by atoms with Crippen LogP contribution in [-0.2, 0) is 28.9 Å². The fraction of sp³-hybridized carbons (Fsp3) is 0.514. The molecule has 1 aromatic heterocycles. The van der Waals surface area contributed by atoms with E-state index in [0.717, 1.165) is 21.8 Å². The number of hydrogen-bond donors (Lipinski definition) is 4. The second-order valence-corrected chi connectivity index (χ2v) is 14.9. The first-order valence-electron chi connectivity index (χ1n) is 16.6. The number of benzene rings is 2. The van der Waals surface area contributed by atoms with E-state index in [4.69, 9.17) is 4.74 Å². The van der Waals surface area contributed by atoms with Gasteiger partial charge in [-0.2, -0.15) is 0 Å². The van der Waals surface area contributed by atoms with E-state index in [9.17, 15) is 19.5 Å². The number of thiazole rings is 1. The quantitative estimate of drug-likeness (QED) is 0.155. The van der Waals surface area contributed by atoms with E-state index in [0.29, 0.717) is 25.3 Å². The molecule has 0 aliphatic carbocycles. The van der Waals surface area contributed by atoms with Crippen LogP contribution in [0.25, 0.3) is 0 Å². The number of amides is 4. The predicted molar refractivity (Wildman–Crippen MR) is 191 cm³/mol. The molecule has 1 heterocycles. The molecule has 0 aliphatic heterocycles. The number of aliphatic hydroxyl groups is 1. The number of rotatable bonds is 15. The topological polar surface area (TPSA) is 133 Å². The van der Waals surface area contributed by atoms with Gasteiger partial charge in [-0.15, -0.1) is 11.3 Å². The molecule has 10 nitrogen and oxygen atoms in total. The summed E-state index contributed by atoms with van der Waals surface area (Å²) in [4.78, 5) is 46.0. The van der Waals surface area contributed by atoms with E-state index in [1.165, 1.54) is 4.90 Å². The van der Waals surface area contributed by atoms with Crippen molar-refractivity contribution in [2.75, 3.05) is 7.05 Å². The molecule has 3 rings (SSSR count). The minimum Gasteiger partial charge on any atom is -0.444 e. The summed E-state index contributed by atoms with van der Waals surface area (Å²) in [6, 6.07) is 16.8. The van der Waals surface area contributed by atoms with Crippen molar-refractivity contribution in [2.24, 2.45) is 5.92 Å². The highest BCUT2D eigenvalue weighted by atomic mass is 32.1. The van der Waals surface area contributed by atoms with Gasteiger partial charge in [0.05, 0.1) is 29.4 Å². The predicted octanol–water partition coefficient (Wildman–Crippen LogP) is 6.05. The molecular weight excluding hydrogens is 627 g/mol. The average molecular weight is 680 g/mol.